The topological polar surface area (TPSA) is 111 Å². The van der Waals surface area contributed by atoms with Crippen LogP contribution < -0.4 is 16.3 Å². The van der Waals surface area contributed by atoms with Crippen molar-refractivity contribution >= 4 is 28.5 Å². The lowest BCUT2D eigenvalue weighted by Gasteiger charge is -2.14. The number of fused-ring (bicyclic) bond motifs is 1. The summed E-state index contributed by atoms with van der Waals surface area (Å²) in [7, 11) is 0. The van der Waals surface area contributed by atoms with Gasteiger partial charge in [0.05, 0.1) is 11.7 Å². The zero-order valence-electron chi connectivity index (χ0n) is 14.7. The molecule has 0 amide bonds. The van der Waals surface area contributed by atoms with Crippen LogP contribution in [0.2, 0.25) is 0 Å². The molecule has 4 N–H and O–H groups in total. The zero-order chi connectivity index (χ0) is 18.6. The Bertz CT molecular complexity index is 1100. The molecular formula is C19H19N7O. The van der Waals surface area contributed by atoms with Crippen molar-refractivity contribution in [2.75, 3.05) is 10.6 Å². The van der Waals surface area contributed by atoms with Gasteiger partial charge in [-0.2, -0.15) is 15.1 Å². The highest BCUT2D eigenvalue weighted by Gasteiger charge is 2.08. The number of hydrogen-bond donors (Lipinski definition) is 4. The highest BCUT2D eigenvalue weighted by molar-refractivity contribution is 5.82. The van der Waals surface area contributed by atoms with Gasteiger partial charge in [0.25, 0.3) is 0 Å². The maximum atomic E-state index is 11.9. The minimum absolute atomic E-state index is 0.0726. The molecule has 0 aliphatic heterocycles. The van der Waals surface area contributed by atoms with Gasteiger partial charge in [-0.05, 0) is 37.1 Å². The molecule has 0 fully saturated rings. The van der Waals surface area contributed by atoms with Crippen molar-refractivity contribution in [3.63, 3.8) is 0 Å². The van der Waals surface area contributed by atoms with Crippen molar-refractivity contribution in [2.24, 2.45) is 0 Å². The number of benzene rings is 2. The Morgan fingerprint density at radius 1 is 1.11 bits per heavy atom. The van der Waals surface area contributed by atoms with Gasteiger partial charge in [-0.15, -0.1) is 0 Å². The number of nitrogens with zero attached hydrogens (tertiary/aromatic N) is 3. The maximum absolute atomic E-state index is 11.9. The molecule has 0 aliphatic carbocycles. The van der Waals surface area contributed by atoms with Gasteiger partial charge in [0.15, 0.2) is 0 Å². The van der Waals surface area contributed by atoms with Gasteiger partial charge in [0.2, 0.25) is 11.9 Å². The van der Waals surface area contributed by atoms with E-state index in [2.05, 4.69) is 47.9 Å². The molecule has 0 radical (unpaired) electrons. The van der Waals surface area contributed by atoms with Crippen molar-refractivity contribution in [1.82, 2.24) is 25.1 Å². The van der Waals surface area contributed by atoms with Crippen LogP contribution >= 0.6 is 0 Å². The first-order valence-corrected chi connectivity index (χ1v) is 8.65. The van der Waals surface area contributed by atoms with Gasteiger partial charge in [-0.3, -0.25) is 10.1 Å². The summed E-state index contributed by atoms with van der Waals surface area (Å²) in [5.41, 5.74) is 2.41. The molecule has 0 saturated heterocycles. The monoisotopic (exact) mass is 361 g/mol. The molecule has 0 spiro atoms. The summed E-state index contributed by atoms with van der Waals surface area (Å²) in [6, 6.07) is 15.9. The second kappa shape index (κ2) is 7.28. The third-order valence-electron chi connectivity index (χ3n) is 4.12. The molecule has 136 valence electrons. The van der Waals surface area contributed by atoms with Gasteiger partial charge in [-0.25, -0.2) is 4.79 Å². The van der Waals surface area contributed by atoms with Gasteiger partial charge in [-0.1, -0.05) is 30.3 Å². The SMILES string of the molecule is CC(Cc1ccccc1)Nc1nc(Nc2ccc3cn[nH]c3c2)[nH]c(=O)n1. The van der Waals surface area contributed by atoms with Crippen molar-refractivity contribution in [1.29, 1.82) is 0 Å². The number of nitrogens with one attached hydrogen (secondary N) is 4. The third kappa shape index (κ3) is 4.12. The van der Waals surface area contributed by atoms with Gasteiger partial charge in [0.1, 0.15) is 0 Å². The van der Waals surface area contributed by atoms with E-state index < -0.39 is 5.69 Å². The molecule has 27 heavy (non-hydrogen) atoms. The number of hydrogen-bond acceptors (Lipinski definition) is 6. The average molecular weight is 361 g/mol. The summed E-state index contributed by atoms with van der Waals surface area (Å²) in [6.07, 6.45) is 2.55. The standard InChI is InChI=1S/C19H19N7O/c1-12(9-13-5-3-2-4-6-13)21-17-23-18(25-19(27)24-17)22-15-8-7-14-11-20-26-16(14)10-15/h2-8,10-12H,9H2,1H3,(H,20,26)(H3,21,22,23,24,25,27). The fourth-order valence-electron chi connectivity index (χ4n) is 2.90. The predicted molar refractivity (Wildman–Crippen MR) is 105 cm³/mol. The van der Waals surface area contributed by atoms with Crippen LogP contribution in [0, 0.1) is 0 Å². The summed E-state index contributed by atoms with van der Waals surface area (Å²) in [6.45, 7) is 2.02. The lowest BCUT2D eigenvalue weighted by atomic mass is 10.1. The van der Waals surface area contributed by atoms with Crippen LogP contribution in [0.5, 0.6) is 0 Å². The quantitative estimate of drug-likeness (QED) is 0.420. The molecule has 8 heteroatoms. The summed E-state index contributed by atoms with van der Waals surface area (Å²) in [5.74, 6) is 0.607. The first-order valence-electron chi connectivity index (χ1n) is 8.65. The van der Waals surface area contributed by atoms with Crippen molar-refractivity contribution in [3.8, 4) is 0 Å². The molecule has 2 aromatic heterocycles. The number of rotatable bonds is 6. The van der Waals surface area contributed by atoms with E-state index in [1.54, 1.807) is 6.20 Å². The van der Waals surface area contributed by atoms with Crippen molar-refractivity contribution in [2.45, 2.75) is 19.4 Å². The van der Waals surface area contributed by atoms with Gasteiger partial charge in [0, 0.05) is 17.1 Å². The van der Waals surface area contributed by atoms with Crippen LogP contribution in [0.1, 0.15) is 12.5 Å². The minimum atomic E-state index is -0.468. The molecular weight excluding hydrogens is 342 g/mol. The summed E-state index contributed by atoms with van der Waals surface area (Å²) in [5, 5.41) is 14.2. The van der Waals surface area contributed by atoms with Crippen LogP contribution in [0.25, 0.3) is 10.9 Å². The Morgan fingerprint density at radius 3 is 2.81 bits per heavy atom. The molecule has 4 aromatic rings. The normalized spacial score (nSPS) is 12.0. The molecule has 2 heterocycles. The van der Waals surface area contributed by atoms with E-state index >= 15 is 0 Å². The molecule has 1 unspecified atom stereocenters. The van der Waals surface area contributed by atoms with E-state index in [9.17, 15) is 4.79 Å². The van der Waals surface area contributed by atoms with E-state index in [0.29, 0.717) is 5.95 Å². The third-order valence-corrected chi connectivity index (χ3v) is 4.12. The Morgan fingerprint density at radius 2 is 1.96 bits per heavy atom. The lowest BCUT2D eigenvalue weighted by Crippen LogP contribution is -2.24. The van der Waals surface area contributed by atoms with Crippen LogP contribution in [0.3, 0.4) is 0 Å². The van der Waals surface area contributed by atoms with E-state index in [1.807, 2.05) is 43.3 Å². The summed E-state index contributed by atoms with van der Waals surface area (Å²) in [4.78, 5) is 22.8. The Labute approximate surface area is 155 Å². The fourth-order valence-corrected chi connectivity index (χ4v) is 2.90. The van der Waals surface area contributed by atoms with E-state index in [4.69, 9.17) is 0 Å². The van der Waals surface area contributed by atoms with Crippen molar-refractivity contribution in [3.05, 3.63) is 70.8 Å². The minimum Gasteiger partial charge on any atom is -0.351 e. The van der Waals surface area contributed by atoms with E-state index in [-0.39, 0.29) is 12.0 Å². The lowest BCUT2D eigenvalue weighted by molar-refractivity contribution is 0.772. The Hall–Kier alpha value is -3.68. The van der Waals surface area contributed by atoms with Gasteiger partial charge < -0.3 is 10.6 Å². The predicted octanol–water partition coefficient (Wildman–Crippen LogP) is 2.83. The first-order chi connectivity index (χ1) is 13.2. The van der Waals surface area contributed by atoms with Crippen LogP contribution in [0.4, 0.5) is 17.6 Å². The molecule has 0 bridgehead atoms. The molecule has 0 saturated carbocycles. The van der Waals surface area contributed by atoms with E-state index in [1.165, 1.54) is 5.56 Å². The molecule has 0 aliphatic rings. The number of H-pyrrole nitrogens is 2. The smallest absolute Gasteiger partial charge is 0.351 e. The zero-order valence-corrected chi connectivity index (χ0v) is 14.7. The second-order valence-electron chi connectivity index (χ2n) is 6.36. The van der Waals surface area contributed by atoms with Crippen LogP contribution in [-0.2, 0) is 6.42 Å². The Kier molecular flexibility index (Phi) is 4.52. The van der Waals surface area contributed by atoms with Crippen molar-refractivity contribution < 1.29 is 0 Å². The van der Waals surface area contributed by atoms with Crippen LogP contribution in [-0.4, -0.2) is 31.2 Å². The Balaban J connectivity index is 1.49. The maximum Gasteiger partial charge on any atom is 0.351 e. The second-order valence-corrected chi connectivity index (χ2v) is 6.36. The highest BCUT2D eigenvalue weighted by Crippen LogP contribution is 2.19. The largest absolute Gasteiger partial charge is 0.351 e. The average Bonchev–Trinajstić information content (AvgIpc) is 3.09. The molecule has 4 rings (SSSR count). The number of anilines is 3. The fraction of sp³-hybridized carbons (Fsp3) is 0.158. The summed E-state index contributed by atoms with van der Waals surface area (Å²) >= 11 is 0. The first kappa shape index (κ1) is 16.8. The van der Waals surface area contributed by atoms with E-state index in [0.717, 1.165) is 23.0 Å². The molecule has 8 nitrogen and oxygen atoms in total. The van der Waals surface area contributed by atoms with Crippen LogP contribution in [0.15, 0.2) is 59.5 Å². The highest BCUT2D eigenvalue weighted by atomic mass is 16.1. The number of aromatic amines is 2. The summed E-state index contributed by atoms with van der Waals surface area (Å²) < 4.78 is 0. The van der Waals surface area contributed by atoms with Gasteiger partial charge >= 0.3 is 5.69 Å². The number of aromatic nitrogens is 5. The molecule has 1 atom stereocenters. The molecule has 2 aromatic carbocycles.